The van der Waals surface area contributed by atoms with Crippen molar-refractivity contribution in [1.29, 1.82) is 0 Å². The number of hydrogen-bond donors (Lipinski definition) is 2. The van der Waals surface area contributed by atoms with E-state index in [9.17, 15) is 9.59 Å². The van der Waals surface area contributed by atoms with Gasteiger partial charge in [-0.1, -0.05) is 5.92 Å². The topological polar surface area (TPSA) is 66.4 Å². The third-order valence-electron chi connectivity index (χ3n) is 0.957. The van der Waals surface area contributed by atoms with Crippen LogP contribution in [0, 0.1) is 12.3 Å². The van der Waals surface area contributed by atoms with Crippen LogP contribution in [-0.2, 0) is 9.59 Å². The molecule has 0 radical (unpaired) electrons. The first kappa shape index (κ1) is 9.50. The molecule has 0 aromatic carbocycles. The van der Waals surface area contributed by atoms with Crippen molar-refractivity contribution in [3.05, 3.63) is 0 Å². The second kappa shape index (κ2) is 4.34. The maximum absolute atomic E-state index is 10.4. The minimum atomic E-state index is -1.03. The zero-order valence-electron chi connectivity index (χ0n) is 6.13. The summed E-state index contributed by atoms with van der Waals surface area (Å²) in [6.45, 7) is 1.28. The smallest absolute Gasteiger partial charge is 0.306 e. The molecule has 0 spiro atoms. The molecular weight excluding hydrogens is 146 g/mol. The molecule has 0 bridgehead atoms. The van der Waals surface area contributed by atoms with Crippen molar-refractivity contribution < 1.29 is 14.7 Å². The molecule has 0 aromatic heterocycles. The Kier molecular flexibility index (Phi) is 3.75. The molecule has 11 heavy (non-hydrogen) atoms. The van der Waals surface area contributed by atoms with Crippen molar-refractivity contribution >= 4 is 11.9 Å². The predicted octanol–water partition coefficient (Wildman–Crippen LogP) is -0.401. The summed E-state index contributed by atoms with van der Waals surface area (Å²) < 4.78 is 0. The number of hydrogen-bond acceptors (Lipinski definition) is 2. The van der Waals surface area contributed by atoms with Crippen molar-refractivity contribution in [2.24, 2.45) is 0 Å². The fourth-order valence-corrected chi connectivity index (χ4v) is 0.572. The van der Waals surface area contributed by atoms with Crippen LogP contribution in [0.4, 0.5) is 0 Å². The van der Waals surface area contributed by atoms with Gasteiger partial charge in [0.25, 0.3) is 0 Å². The Morgan fingerprint density at radius 1 is 1.73 bits per heavy atom. The van der Waals surface area contributed by atoms with Crippen LogP contribution in [0.1, 0.15) is 13.3 Å². The summed E-state index contributed by atoms with van der Waals surface area (Å²) in [6, 6.07) is -0.704. The molecule has 1 atom stereocenters. The molecule has 4 nitrogen and oxygen atoms in total. The molecule has 1 unspecified atom stereocenters. The summed E-state index contributed by atoms with van der Waals surface area (Å²) in [6.07, 6.45) is 4.70. The number of carboxylic acid groups (broad SMARTS) is 1. The zero-order chi connectivity index (χ0) is 8.85. The van der Waals surface area contributed by atoms with Crippen molar-refractivity contribution in [2.75, 3.05) is 0 Å². The van der Waals surface area contributed by atoms with Gasteiger partial charge in [-0.3, -0.25) is 9.59 Å². The van der Waals surface area contributed by atoms with Crippen molar-refractivity contribution in [3.8, 4) is 12.3 Å². The quantitative estimate of drug-likeness (QED) is 0.545. The van der Waals surface area contributed by atoms with E-state index in [4.69, 9.17) is 11.5 Å². The molecular formula is C7H9NO3. The van der Waals surface area contributed by atoms with Crippen molar-refractivity contribution in [1.82, 2.24) is 5.32 Å². The van der Waals surface area contributed by atoms with E-state index in [1.165, 1.54) is 6.92 Å². The number of amides is 1. The lowest BCUT2D eigenvalue weighted by molar-refractivity contribution is -0.137. The Balaban J connectivity index is 3.89. The lowest BCUT2D eigenvalue weighted by Gasteiger charge is -2.07. The van der Waals surface area contributed by atoms with Gasteiger partial charge in [-0.15, -0.1) is 6.42 Å². The van der Waals surface area contributed by atoms with Crippen LogP contribution < -0.4 is 5.32 Å². The average Bonchev–Trinajstić information content (AvgIpc) is 1.84. The van der Waals surface area contributed by atoms with Crippen LogP contribution in [0.15, 0.2) is 0 Å². The van der Waals surface area contributed by atoms with Gasteiger partial charge in [-0.05, 0) is 0 Å². The van der Waals surface area contributed by atoms with Gasteiger partial charge < -0.3 is 10.4 Å². The largest absolute Gasteiger partial charge is 0.481 e. The Bertz CT molecular complexity index is 188. The van der Waals surface area contributed by atoms with E-state index in [-0.39, 0.29) is 12.3 Å². The summed E-state index contributed by atoms with van der Waals surface area (Å²) in [5, 5.41) is 10.6. The first-order valence-corrected chi connectivity index (χ1v) is 3.01. The second-order valence-electron chi connectivity index (χ2n) is 2.02. The summed E-state index contributed by atoms with van der Waals surface area (Å²) in [4.78, 5) is 20.5. The second-order valence-corrected chi connectivity index (χ2v) is 2.02. The van der Waals surface area contributed by atoms with Crippen LogP contribution in [0.3, 0.4) is 0 Å². The first-order valence-electron chi connectivity index (χ1n) is 3.01. The number of carboxylic acids is 1. The lowest BCUT2D eigenvalue weighted by Crippen LogP contribution is -2.33. The van der Waals surface area contributed by atoms with Gasteiger partial charge in [-0.25, -0.2) is 0 Å². The molecule has 0 aliphatic carbocycles. The highest BCUT2D eigenvalue weighted by Crippen LogP contribution is 1.89. The highest BCUT2D eigenvalue weighted by Gasteiger charge is 2.09. The monoisotopic (exact) mass is 155 g/mol. The highest BCUT2D eigenvalue weighted by atomic mass is 16.4. The molecule has 4 heteroatoms. The Hall–Kier alpha value is -1.50. The van der Waals surface area contributed by atoms with E-state index in [1.54, 1.807) is 0 Å². The van der Waals surface area contributed by atoms with Crippen LogP contribution in [0.5, 0.6) is 0 Å². The van der Waals surface area contributed by atoms with E-state index < -0.39 is 12.0 Å². The molecule has 0 saturated heterocycles. The van der Waals surface area contributed by atoms with Crippen LogP contribution in [-0.4, -0.2) is 23.0 Å². The van der Waals surface area contributed by atoms with E-state index in [2.05, 4.69) is 11.2 Å². The summed E-state index contributed by atoms with van der Waals surface area (Å²) in [7, 11) is 0. The number of nitrogens with one attached hydrogen (secondary N) is 1. The van der Waals surface area contributed by atoms with Crippen LogP contribution in [0.2, 0.25) is 0 Å². The first-order chi connectivity index (χ1) is 5.06. The van der Waals surface area contributed by atoms with E-state index in [1.807, 2.05) is 0 Å². The Morgan fingerprint density at radius 3 is 2.55 bits per heavy atom. The normalized spacial score (nSPS) is 11.3. The third-order valence-corrected chi connectivity index (χ3v) is 0.957. The minimum Gasteiger partial charge on any atom is -0.481 e. The summed E-state index contributed by atoms with van der Waals surface area (Å²) in [5.41, 5.74) is 0. The molecule has 0 rings (SSSR count). The summed E-state index contributed by atoms with van der Waals surface area (Å²) >= 11 is 0. The van der Waals surface area contributed by atoms with Gasteiger partial charge in [-0.2, -0.15) is 0 Å². The van der Waals surface area contributed by atoms with Gasteiger partial charge >= 0.3 is 5.97 Å². The molecule has 60 valence electrons. The molecule has 0 aliphatic rings. The van der Waals surface area contributed by atoms with E-state index >= 15 is 0 Å². The number of terminal acetylenes is 1. The number of carbonyl (C=O) groups is 2. The molecule has 0 saturated carbocycles. The highest BCUT2D eigenvalue weighted by molar-refractivity contribution is 5.75. The van der Waals surface area contributed by atoms with E-state index in [0.29, 0.717) is 0 Å². The molecule has 2 N–H and O–H groups in total. The van der Waals surface area contributed by atoms with Gasteiger partial charge in [0.2, 0.25) is 5.91 Å². The average molecular weight is 155 g/mol. The van der Waals surface area contributed by atoms with Crippen molar-refractivity contribution in [3.63, 3.8) is 0 Å². The fourth-order valence-electron chi connectivity index (χ4n) is 0.572. The molecule has 1 amide bonds. The van der Waals surface area contributed by atoms with Gasteiger partial charge in [0, 0.05) is 6.92 Å². The number of carbonyl (C=O) groups excluding carboxylic acids is 1. The standard InChI is InChI=1S/C7H9NO3/c1-3-6(4-7(10)11)8-5(2)9/h1,6H,4H2,2H3,(H,8,9)(H,10,11). The van der Waals surface area contributed by atoms with Crippen molar-refractivity contribution in [2.45, 2.75) is 19.4 Å². The molecule has 0 heterocycles. The lowest BCUT2D eigenvalue weighted by atomic mass is 10.2. The van der Waals surface area contributed by atoms with Gasteiger partial charge in [0.1, 0.15) is 6.04 Å². The third kappa shape index (κ3) is 4.97. The SMILES string of the molecule is C#CC(CC(=O)O)NC(C)=O. The van der Waals surface area contributed by atoms with Gasteiger partial charge in [0.05, 0.1) is 6.42 Å². The molecule has 0 aromatic rings. The number of aliphatic carboxylic acids is 1. The molecule has 0 fully saturated rings. The minimum absolute atomic E-state index is 0.240. The maximum atomic E-state index is 10.4. The van der Waals surface area contributed by atoms with Crippen LogP contribution >= 0.6 is 0 Å². The zero-order valence-corrected chi connectivity index (χ0v) is 6.13. The summed E-state index contributed by atoms with van der Waals surface area (Å²) in [5.74, 6) is 0.801. The number of rotatable bonds is 3. The predicted molar refractivity (Wildman–Crippen MR) is 38.7 cm³/mol. The van der Waals surface area contributed by atoms with E-state index in [0.717, 1.165) is 0 Å². The molecule has 0 aliphatic heterocycles. The maximum Gasteiger partial charge on any atom is 0.306 e. The fraction of sp³-hybridized carbons (Fsp3) is 0.429. The Labute approximate surface area is 64.6 Å². The Morgan fingerprint density at radius 2 is 2.27 bits per heavy atom. The van der Waals surface area contributed by atoms with Crippen LogP contribution in [0.25, 0.3) is 0 Å². The van der Waals surface area contributed by atoms with Gasteiger partial charge in [0.15, 0.2) is 0 Å².